The fraction of sp³-hybridized carbons (Fsp3) is 0.727. The number of carbonyl (C=O) groups is 3. The highest BCUT2D eigenvalue weighted by molar-refractivity contribution is 6.20. The molecule has 4 heteroatoms. The summed E-state index contributed by atoms with van der Waals surface area (Å²) < 4.78 is 4.75. The van der Waals surface area contributed by atoms with Crippen LogP contribution in [-0.2, 0) is 19.1 Å². The van der Waals surface area contributed by atoms with Crippen molar-refractivity contribution in [2.75, 3.05) is 13.7 Å². The van der Waals surface area contributed by atoms with Crippen molar-refractivity contribution in [2.24, 2.45) is 11.8 Å². The molecule has 1 aliphatic carbocycles. The highest BCUT2D eigenvalue weighted by atomic mass is 16.5. The lowest BCUT2D eigenvalue weighted by Crippen LogP contribution is -2.38. The molecule has 0 atom stereocenters. The van der Waals surface area contributed by atoms with E-state index in [0.29, 0.717) is 12.8 Å². The Hall–Kier alpha value is -1.03. The first-order valence-electron chi connectivity index (χ1n) is 5.13. The number of rotatable bonds is 4. The van der Waals surface area contributed by atoms with Crippen molar-refractivity contribution in [3.8, 4) is 0 Å². The zero-order valence-corrected chi connectivity index (χ0v) is 9.12. The average molecular weight is 212 g/mol. The molecule has 0 saturated heterocycles. The lowest BCUT2D eigenvalue weighted by atomic mass is 9.78. The number of hydrogen-bond acceptors (Lipinski definition) is 4. The third-order valence-corrected chi connectivity index (χ3v) is 2.62. The van der Waals surface area contributed by atoms with Gasteiger partial charge in [0, 0.05) is 26.4 Å². The Morgan fingerprint density at radius 3 is 2.33 bits per heavy atom. The molecule has 1 aliphatic rings. The summed E-state index contributed by atoms with van der Waals surface area (Å²) in [7, 11) is 1.49. The molecule has 0 N–H and O–H groups in total. The molecule has 15 heavy (non-hydrogen) atoms. The molecule has 0 amide bonds. The van der Waals surface area contributed by atoms with Gasteiger partial charge in [0.05, 0.1) is 6.61 Å². The monoisotopic (exact) mass is 212 g/mol. The summed E-state index contributed by atoms with van der Waals surface area (Å²) in [6, 6.07) is 0. The number of Topliss-reactive ketones (excluding diaryl/α,β-unsaturated/α-hetero) is 3. The smallest absolute Gasteiger partial charge is 0.153 e. The standard InChI is InChI=1S/C11H16O4/c1-7-5-9(13)11(10(14)6-7)8(12)3-4-15-2/h7,11H,3-6H2,1-2H3. The van der Waals surface area contributed by atoms with Gasteiger partial charge in [-0.05, 0) is 5.92 Å². The van der Waals surface area contributed by atoms with E-state index in [-0.39, 0.29) is 36.3 Å². The van der Waals surface area contributed by atoms with E-state index in [1.54, 1.807) is 0 Å². The minimum Gasteiger partial charge on any atom is -0.384 e. The minimum atomic E-state index is -1.00. The van der Waals surface area contributed by atoms with Gasteiger partial charge in [-0.15, -0.1) is 0 Å². The van der Waals surface area contributed by atoms with Crippen molar-refractivity contribution in [3.63, 3.8) is 0 Å². The molecule has 1 saturated carbocycles. The van der Waals surface area contributed by atoms with Crippen molar-refractivity contribution in [1.82, 2.24) is 0 Å². The minimum absolute atomic E-state index is 0.0801. The summed E-state index contributed by atoms with van der Waals surface area (Å²) in [5.74, 6) is -1.66. The summed E-state index contributed by atoms with van der Waals surface area (Å²) in [5.41, 5.74) is 0. The van der Waals surface area contributed by atoms with Crippen LogP contribution < -0.4 is 0 Å². The summed E-state index contributed by atoms with van der Waals surface area (Å²) in [5, 5.41) is 0. The van der Waals surface area contributed by atoms with E-state index in [4.69, 9.17) is 4.74 Å². The quantitative estimate of drug-likeness (QED) is 0.646. The van der Waals surface area contributed by atoms with Gasteiger partial charge in [0.25, 0.3) is 0 Å². The third kappa shape index (κ3) is 2.96. The molecule has 0 aliphatic heterocycles. The highest BCUT2D eigenvalue weighted by Gasteiger charge is 2.37. The third-order valence-electron chi connectivity index (χ3n) is 2.62. The van der Waals surface area contributed by atoms with Gasteiger partial charge in [0.1, 0.15) is 5.92 Å². The van der Waals surface area contributed by atoms with Gasteiger partial charge in [-0.2, -0.15) is 0 Å². The molecular formula is C11H16O4. The highest BCUT2D eigenvalue weighted by Crippen LogP contribution is 2.24. The van der Waals surface area contributed by atoms with Gasteiger partial charge in [-0.1, -0.05) is 6.92 Å². The molecular weight excluding hydrogens is 196 g/mol. The number of ether oxygens (including phenoxy) is 1. The zero-order valence-electron chi connectivity index (χ0n) is 9.12. The Morgan fingerprint density at radius 1 is 1.33 bits per heavy atom. The molecule has 0 bridgehead atoms. The van der Waals surface area contributed by atoms with Gasteiger partial charge in [0.2, 0.25) is 0 Å². The van der Waals surface area contributed by atoms with E-state index in [1.807, 2.05) is 6.92 Å². The first kappa shape index (κ1) is 12.0. The van der Waals surface area contributed by atoms with Crippen LogP contribution in [0.4, 0.5) is 0 Å². The maximum atomic E-state index is 11.6. The van der Waals surface area contributed by atoms with E-state index < -0.39 is 5.92 Å². The maximum absolute atomic E-state index is 11.6. The van der Waals surface area contributed by atoms with Crippen LogP contribution in [0.1, 0.15) is 26.2 Å². The van der Waals surface area contributed by atoms with Crippen LogP contribution in [-0.4, -0.2) is 31.1 Å². The van der Waals surface area contributed by atoms with Crippen LogP contribution >= 0.6 is 0 Å². The first-order valence-corrected chi connectivity index (χ1v) is 5.13. The van der Waals surface area contributed by atoms with Crippen molar-refractivity contribution in [2.45, 2.75) is 26.2 Å². The number of ketones is 3. The van der Waals surface area contributed by atoms with Crippen LogP contribution in [0.15, 0.2) is 0 Å². The van der Waals surface area contributed by atoms with Crippen LogP contribution in [0, 0.1) is 11.8 Å². The summed E-state index contributed by atoms with van der Waals surface area (Å²) in [6.45, 7) is 2.12. The van der Waals surface area contributed by atoms with Crippen LogP contribution in [0.2, 0.25) is 0 Å². The Morgan fingerprint density at radius 2 is 1.87 bits per heavy atom. The lowest BCUT2D eigenvalue weighted by molar-refractivity contribution is -0.143. The van der Waals surface area contributed by atoms with E-state index in [0.717, 1.165) is 0 Å². The Labute approximate surface area is 89.0 Å². The van der Waals surface area contributed by atoms with Crippen molar-refractivity contribution in [1.29, 1.82) is 0 Å². The van der Waals surface area contributed by atoms with Gasteiger partial charge in [-0.25, -0.2) is 0 Å². The predicted molar refractivity (Wildman–Crippen MR) is 53.4 cm³/mol. The second-order valence-corrected chi connectivity index (χ2v) is 4.09. The van der Waals surface area contributed by atoms with Crippen molar-refractivity contribution >= 4 is 17.3 Å². The Kier molecular flexibility index (Phi) is 4.15. The SMILES string of the molecule is COCCC(=O)C1C(=O)CC(C)CC1=O. The van der Waals surface area contributed by atoms with Gasteiger partial charge < -0.3 is 4.74 Å². The molecule has 0 aromatic carbocycles. The molecule has 0 heterocycles. The zero-order chi connectivity index (χ0) is 11.4. The molecule has 84 valence electrons. The molecule has 0 spiro atoms. The first-order chi connectivity index (χ1) is 7.06. The van der Waals surface area contributed by atoms with E-state index >= 15 is 0 Å². The van der Waals surface area contributed by atoms with Crippen molar-refractivity contribution in [3.05, 3.63) is 0 Å². The fourth-order valence-corrected chi connectivity index (χ4v) is 1.88. The van der Waals surface area contributed by atoms with Crippen LogP contribution in [0.3, 0.4) is 0 Å². The molecule has 1 rings (SSSR count). The van der Waals surface area contributed by atoms with Gasteiger partial charge in [-0.3, -0.25) is 14.4 Å². The summed E-state index contributed by atoms with van der Waals surface area (Å²) in [6.07, 6.45) is 0.831. The number of carbonyl (C=O) groups excluding carboxylic acids is 3. The fourth-order valence-electron chi connectivity index (χ4n) is 1.88. The Balaban J connectivity index is 2.63. The number of methoxy groups -OCH3 is 1. The maximum Gasteiger partial charge on any atom is 0.153 e. The second kappa shape index (κ2) is 5.16. The Bertz CT molecular complexity index is 264. The van der Waals surface area contributed by atoms with E-state index in [1.165, 1.54) is 7.11 Å². The van der Waals surface area contributed by atoms with Crippen molar-refractivity contribution < 1.29 is 19.1 Å². The predicted octanol–water partition coefficient (Wildman–Crippen LogP) is 0.776. The van der Waals surface area contributed by atoms with Crippen LogP contribution in [0.5, 0.6) is 0 Å². The lowest BCUT2D eigenvalue weighted by Gasteiger charge is -2.22. The summed E-state index contributed by atoms with van der Waals surface area (Å²) >= 11 is 0. The number of hydrogen-bond donors (Lipinski definition) is 0. The van der Waals surface area contributed by atoms with Gasteiger partial charge >= 0.3 is 0 Å². The molecule has 0 unspecified atom stereocenters. The molecule has 0 aromatic heterocycles. The topological polar surface area (TPSA) is 60.4 Å². The molecule has 1 fully saturated rings. The van der Waals surface area contributed by atoms with Crippen LogP contribution in [0.25, 0.3) is 0 Å². The molecule has 0 aromatic rings. The van der Waals surface area contributed by atoms with Gasteiger partial charge in [0.15, 0.2) is 17.3 Å². The largest absolute Gasteiger partial charge is 0.384 e. The average Bonchev–Trinajstić information content (AvgIpc) is 2.12. The molecule has 0 radical (unpaired) electrons. The molecule has 4 nitrogen and oxygen atoms in total. The normalized spacial score (nSPS) is 26.8. The van der Waals surface area contributed by atoms with E-state index in [9.17, 15) is 14.4 Å². The summed E-state index contributed by atoms with van der Waals surface area (Å²) in [4.78, 5) is 34.6. The van der Waals surface area contributed by atoms with E-state index in [2.05, 4.69) is 0 Å². The second-order valence-electron chi connectivity index (χ2n) is 4.09.